The largest absolute Gasteiger partial charge is 0.375 e. The highest BCUT2D eigenvalue weighted by atomic mass is 35.5. The molecule has 0 aromatic heterocycles. The minimum atomic E-state index is -1.18. The van der Waals surface area contributed by atoms with Crippen LogP contribution in [0.2, 0.25) is 0 Å². The van der Waals surface area contributed by atoms with Gasteiger partial charge in [0.15, 0.2) is 0 Å². The fraction of sp³-hybridized carbons (Fsp3) is 0.733. The van der Waals surface area contributed by atoms with E-state index in [4.69, 9.17) is 17.3 Å². The van der Waals surface area contributed by atoms with Gasteiger partial charge in [-0.25, -0.2) is 0 Å². The number of aliphatic hydroxyl groups is 1. The fourth-order valence-electron chi connectivity index (χ4n) is 3.55. The topological polar surface area (TPSA) is 46.2 Å². The van der Waals surface area contributed by atoms with Crippen LogP contribution in [0.5, 0.6) is 0 Å². The van der Waals surface area contributed by atoms with E-state index in [0.717, 1.165) is 19.3 Å². The van der Waals surface area contributed by atoms with E-state index in [2.05, 4.69) is 12.2 Å². The van der Waals surface area contributed by atoms with Crippen molar-refractivity contribution in [2.45, 2.75) is 56.6 Å². The van der Waals surface area contributed by atoms with Crippen LogP contribution in [-0.4, -0.2) is 16.2 Å². The first-order valence-electron chi connectivity index (χ1n) is 7.03. The van der Waals surface area contributed by atoms with Crippen LogP contribution < -0.4 is 5.73 Å². The van der Waals surface area contributed by atoms with Crippen molar-refractivity contribution in [1.82, 2.24) is 0 Å². The molecule has 0 radical (unpaired) electrons. The molecule has 3 N–H and O–H groups in total. The summed E-state index contributed by atoms with van der Waals surface area (Å²) < 4.78 is 0. The van der Waals surface area contributed by atoms with Crippen molar-refractivity contribution >= 4 is 11.6 Å². The van der Waals surface area contributed by atoms with Gasteiger partial charge in [0.1, 0.15) is 5.72 Å². The van der Waals surface area contributed by atoms with Gasteiger partial charge in [-0.3, -0.25) is 0 Å². The van der Waals surface area contributed by atoms with Gasteiger partial charge in [0, 0.05) is 10.8 Å². The number of rotatable bonds is 3. The number of hydrogen-bond acceptors (Lipinski definition) is 2. The molecule has 102 valence electrons. The first-order valence-corrected chi connectivity index (χ1v) is 7.47. The summed E-state index contributed by atoms with van der Waals surface area (Å²) in [6.07, 6.45) is 14.0. The smallest absolute Gasteiger partial charge is 0.123 e. The Hall–Kier alpha value is -0.310. The summed E-state index contributed by atoms with van der Waals surface area (Å²) in [7, 11) is 0. The van der Waals surface area contributed by atoms with Crippen LogP contribution in [0.3, 0.4) is 0 Å². The Morgan fingerprint density at radius 1 is 1.39 bits per heavy atom. The van der Waals surface area contributed by atoms with Gasteiger partial charge < -0.3 is 10.8 Å². The van der Waals surface area contributed by atoms with Crippen LogP contribution in [0.4, 0.5) is 0 Å². The first-order chi connectivity index (χ1) is 8.53. The van der Waals surface area contributed by atoms with Gasteiger partial charge in [-0.05, 0) is 31.6 Å². The molecule has 2 rings (SSSR count). The lowest BCUT2D eigenvalue weighted by molar-refractivity contribution is -0.0930. The zero-order valence-corrected chi connectivity index (χ0v) is 11.9. The first kappa shape index (κ1) is 14.1. The maximum absolute atomic E-state index is 10.7. The third kappa shape index (κ3) is 2.26. The molecule has 0 aromatic carbocycles. The second-order valence-electron chi connectivity index (χ2n) is 5.72. The quantitative estimate of drug-likeness (QED) is 0.610. The minimum Gasteiger partial charge on any atom is -0.375 e. The van der Waals surface area contributed by atoms with Crippen molar-refractivity contribution in [1.29, 1.82) is 0 Å². The molecule has 4 unspecified atom stereocenters. The van der Waals surface area contributed by atoms with Gasteiger partial charge >= 0.3 is 0 Å². The number of halogens is 1. The molecule has 2 nitrogen and oxygen atoms in total. The van der Waals surface area contributed by atoms with E-state index in [0.29, 0.717) is 6.42 Å². The zero-order chi connectivity index (χ0) is 13.2. The normalized spacial score (nSPS) is 39.6. The Kier molecular flexibility index (Phi) is 4.20. The summed E-state index contributed by atoms with van der Waals surface area (Å²) in [5.41, 5.74) is 4.65. The van der Waals surface area contributed by atoms with E-state index in [1.807, 2.05) is 19.1 Å². The lowest BCUT2D eigenvalue weighted by Crippen LogP contribution is -2.59. The van der Waals surface area contributed by atoms with E-state index in [1.165, 1.54) is 12.8 Å². The molecule has 2 aliphatic rings. The highest BCUT2D eigenvalue weighted by Gasteiger charge is 2.52. The van der Waals surface area contributed by atoms with Crippen molar-refractivity contribution in [2.24, 2.45) is 17.1 Å². The van der Waals surface area contributed by atoms with E-state index in [1.54, 1.807) is 0 Å². The molecule has 18 heavy (non-hydrogen) atoms. The molecule has 0 amide bonds. The SMILES string of the molecule is CCC(N)(O)C1(C2CCCCC2Cl)C=CC=CC1. The lowest BCUT2D eigenvalue weighted by Gasteiger charge is -2.51. The monoisotopic (exact) mass is 269 g/mol. The Morgan fingerprint density at radius 2 is 2.11 bits per heavy atom. The van der Waals surface area contributed by atoms with E-state index < -0.39 is 11.1 Å². The molecule has 1 fully saturated rings. The van der Waals surface area contributed by atoms with Crippen molar-refractivity contribution in [3.63, 3.8) is 0 Å². The maximum Gasteiger partial charge on any atom is 0.123 e. The zero-order valence-electron chi connectivity index (χ0n) is 11.1. The second kappa shape index (κ2) is 5.36. The molecule has 4 atom stereocenters. The molecule has 0 aromatic rings. The van der Waals surface area contributed by atoms with Gasteiger partial charge in [0.25, 0.3) is 0 Å². The Balaban J connectivity index is 2.36. The molecule has 0 spiro atoms. The van der Waals surface area contributed by atoms with Crippen LogP contribution >= 0.6 is 11.6 Å². The van der Waals surface area contributed by atoms with Gasteiger partial charge in [-0.1, -0.05) is 44.1 Å². The molecule has 0 saturated heterocycles. The molecule has 0 aliphatic heterocycles. The molecular weight excluding hydrogens is 246 g/mol. The predicted molar refractivity (Wildman–Crippen MR) is 76.4 cm³/mol. The van der Waals surface area contributed by atoms with E-state index in [9.17, 15) is 5.11 Å². The van der Waals surface area contributed by atoms with Gasteiger partial charge in [0.05, 0.1) is 0 Å². The molecule has 2 aliphatic carbocycles. The summed E-state index contributed by atoms with van der Waals surface area (Å²) >= 11 is 6.54. The van der Waals surface area contributed by atoms with Crippen LogP contribution in [0.15, 0.2) is 24.3 Å². The van der Waals surface area contributed by atoms with Crippen molar-refractivity contribution in [2.75, 3.05) is 0 Å². The molecular formula is C15H24ClNO. The number of alkyl halides is 1. The van der Waals surface area contributed by atoms with Crippen LogP contribution in [0.25, 0.3) is 0 Å². The molecule has 0 heterocycles. The summed E-state index contributed by atoms with van der Waals surface area (Å²) in [6, 6.07) is 0. The van der Waals surface area contributed by atoms with Crippen LogP contribution in [0, 0.1) is 11.3 Å². The predicted octanol–water partition coefficient (Wildman–Crippen LogP) is 3.34. The standard InChI is InChI=1S/C15H24ClNO/c1-2-15(17,18)14(10-6-3-7-11-14)12-8-4-5-9-13(12)16/h3,6-7,10,12-13,18H,2,4-5,8-9,11,17H2,1H3. The highest BCUT2D eigenvalue weighted by Crippen LogP contribution is 2.51. The summed E-state index contributed by atoms with van der Waals surface area (Å²) in [5, 5.41) is 10.8. The van der Waals surface area contributed by atoms with Gasteiger partial charge in [-0.2, -0.15) is 0 Å². The highest BCUT2D eigenvalue weighted by molar-refractivity contribution is 6.20. The molecule has 3 heteroatoms. The number of nitrogens with two attached hydrogens (primary N) is 1. The van der Waals surface area contributed by atoms with Crippen LogP contribution in [-0.2, 0) is 0 Å². The summed E-state index contributed by atoms with van der Waals surface area (Å²) in [6.45, 7) is 1.94. The minimum absolute atomic E-state index is 0.122. The van der Waals surface area contributed by atoms with Crippen molar-refractivity contribution in [3.8, 4) is 0 Å². The van der Waals surface area contributed by atoms with Crippen molar-refractivity contribution < 1.29 is 5.11 Å². The summed E-state index contributed by atoms with van der Waals surface area (Å²) in [5.74, 6) is 0.268. The Bertz CT molecular complexity index is 350. The third-order valence-electron chi connectivity index (χ3n) is 4.78. The van der Waals surface area contributed by atoms with Gasteiger partial charge in [0.2, 0.25) is 0 Å². The van der Waals surface area contributed by atoms with E-state index in [-0.39, 0.29) is 11.3 Å². The number of hydrogen-bond donors (Lipinski definition) is 2. The van der Waals surface area contributed by atoms with Crippen LogP contribution in [0.1, 0.15) is 45.4 Å². The van der Waals surface area contributed by atoms with Gasteiger partial charge in [-0.15, -0.1) is 11.6 Å². The molecule has 0 bridgehead atoms. The van der Waals surface area contributed by atoms with E-state index >= 15 is 0 Å². The second-order valence-corrected chi connectivity index (χ2v) is 6.28. The lowest BCUT2D eigenvalue weighted by atomic mass is 9.59. The maximum atomic E-state index is 10.7. The summed E-state index contributed by atoms with van der Waals surface area (Å²) in [4.78, 5) is 0. The Morgan fingerprint density at radius 3 is 2.67 bits per heavy atom. The molecule has 1 saturated carbocycles. The fourth-order valence-corrected chi connectivity index (χ4v) is 4.05. The number of allylic oxidation sites excluding steroid dienone is 3. The Labute approximate surface area is 115 Å². The van der Waals surface area contributed by atoms with Crippen molar-refractivity contribution in [3.05, 3.63) is 24.3 Å². The average molecular weight is 270 g/mol. The average Bonchev–Trinajstić information content (AvgIpc) is 2.40. The third-order valence-corrected chi connectivity index (χ3v) is 5.31.